The minimum absolute atomic E-state index is 0.479. The third kappa shape index (κ3) is 4.04. The highest BCUT2D eigenvalue weighted by Crippen LogP contribution is 2.29. The van der Waals surface area contributed by atoms with Gasteiger partial charge in [0.25, 0.3) is 0 Å². The second kappa shape index (κ2) is 8.67. The molecule has 0 spiro atoms. The van der Waals surface area contributed by atoms with Gasteiger partial charge in [0, 0.05) is 25.3 Å². The molecule has 7 nitrogen and oxygen atoms in total. The van der Waals surface area contributed by atoms with Crippen LogP contribution in [0.3, 0.4) is 0 Å². The Balaban J connectivity index is 1.59. The van der Waals surface area contributed by atoms with Crippen LogP contribution in [0.5, 0.6) is 0 Å². The van der Waals surface area contributed by atoms with Gasteiger partial charge in [0.15, 0.2) is 5.82 Å². The number of anilines is 5. The van der Waals surface area contributed by atoms with E-state index in [9.17, 15) is 0 Å². The van der Waals surface area contributed by atoms with Crippen LogP contribution < -0.4 is 15.1 Å². The lowest BCUT2D eigenvalue weighted by Crippen LogP contribution is -2.36. The van der Waals surface area contributed by atoms with E-state index in [1.165, 1.54) is 0 Å². The van der Waals surface area contributed by atoms with E-state index in [0.717, 1.165) is 55.7 Å². The Kier molecular flexibility index (Phi) is 5.63. The minimum Gasteiger partial charge on any atom is -0.378 e. The summed E-state index contributed by atoms with van der Waals surface area (Å²) in [6.45, 7) is 6.10. The molecule has 0 bridgehead atoms. The van der Waals surface area contributed by atoms with Crippen LogP contribution in [0.4, 0.5) is 28.8 Å². The van der Waals surface area contributed by atoms with E-state index in [0.29, 0.717) is 5.95 Å². The summed E-state index contributed by atoms with van der Waals surface area (Å²) in [6, 6.07) is 18.4. The zero-order valence-corrected chi connectivity index (χ0v) is 16.0. The third-order valence-electron chi connectivity index (χ3n) is 4.71. The Bertz CT molecular complexity index is 898. The molecule has 144 valence electrons. The summed E-state index contributed by atoms with van der Waals surface area (Å²) >= 11 is 0. The summed E-state index contributed by atoms with van der Waals surface area (Å²) in [5.74, 6) is 1.24. The standard InChI is InChI=1S/C21H24N6O/c1-2-27(17-8-4-3-5-9-17)20-16-22-25-21(24-20)23-18-10-6-7-11-19(18)26-12-14-28-15-13-26/h3-11,16H,2,12-15H2,1H3,(H,23,24,25). The van der Waals surface area contributed by atoms with Crippen LogP contribution in [0.25, 0.3) is 0 Å². The van der Waals surface area contributed by atoms with Crippen molar-refractivity contribution >= 4 is 28.8 Å². The molecule has 2 heterocycles. The fraction of sp³-hybridized carbons (Fsp3) is 0.286. The molecular weight excluding hydrogens is 352 g/mol. The zero-order valence-electron chi connectivity index (χ0n) is 16.0. The molecule has 1 fully saturated rings. The van der Waals surface area contributed by atoms with Gasteiger partial charge in [-0.1, -0.05) is 30.3 Å². The van der Waals surface area contributed by atoms with Crippen molar-refractivity contribution in [2.75, 3.05) is 48.0 Å². The maximum Gasteiger partial charge on any atom is 0.249 e. The molecule has 1 aliphatic rings. The van der Waals surface area contributed by atoms with E-state index in [1.54, 1.807) is 6.20 Å². The smallest absolute Gasteiger partial charge is 0.249 e. The lowest BCUT2D eigenvalue weighted by molar-refractivity contribution is 0.123. The monoisotopic (exact) mass is 376 g/mol. The van der Waals surface area contributed by atoms with Gasteiger partial charge in [0.05, 0.1) is 30.8 Å². The Morgan fingerprint density at radius 3 is 2.57 bits per heavy atom. The van der Waals surface area contributed by atoms with Gasteiger partial charge >= 0.3 is 0 Å². The zero-order chi connectivity index (χ0) is 19.2. The Morgan fingerprint density at radius 2 is 1.79 bits per heavy atom. The summed E-state index contributed by atoms with van der Waals surface area (Å²) in [5, 5.41) is 11.7. The Morgan fingerprint density at radius 1 is 1.04 bits per heavy atom. The van der Waals surface area contributed by atoms with E-state index in [-0.39, 0.29) is 0 Å². The van der Waals surface area contributed by atoms with Crippen LogP contribution in [-0.2, 0) is 4.74 Å². The number of aromatic nitrogens is 3. The molecule has 1 aliphatic heterocycles. The molecule has 3 aromatic rings. The number of rotatable bonds is 6. The number of benzene rings is 2. The molecule has 0 amide bonds. The second-order valence-electron chi connectivity index (χ2n) is 6.46. The van der Waals surface area contributed by atoms with Crippen molar-refractivity contribution in [3.8, 4) is 0 Å². The number of hydrogen-bond donors (Lipinski definition) is 1. The van der Waals surface area contributed by atoms with Crippen molar-refractivity contribution in [1.29, 1.82) is 0 Å². The first kappa shape index (κ1) is 18.2. The quantitative estimate of drug-likeness (QED) is 0.705. The molecule has 0 saturated carbocycles. The molecule has 1 N–H and O–H groups in total. The maximum atomic E-state index is 5.47. The van der Waals surface area contributed by atoms with Gasteiger partial charge in [-0.2, -0.15) is 10.1 Å². The number of nitrogens with one attached hydrogen (secondary N) is 1. The van der Waals surface area contributed by atoms with Crippen LogP contribution >= 0.6 is 0 Å². The molecule has 2 aromatic carbocycles. The number of ether oxygens (including phenoxy) is 1. The van der Waals surface area contributed by atoms with E-state index < -0.39 is 0 Å². The molecule has 0 aliphatic carbocycles. The Hall–Kier alpha value is -3.19. The van der Waals surface area contributed by atoms with Gasteiger partial charge in [-0.15, -0.1) is 5.10 Å². The van der Waals surface area contributed by atoms with E-state index in [4.69, 9.17) is 9.72 Å². The second-order valence-corrected chi connectivity index (χ2v) is 6.46. The van der Waals surface area contributed by atoms with Crippen LogP contribution in [0.2, 0.25) is 0 Å². The summed E-state index contributed by atoms with van der Waals surface area (Å²) in [6.07, 6.45) is 1.69. The number of nitrogens with zero attached hydrogens (tertiary/aromatic N) is 5. The molecule has 1 aromatic heterocycles. The lowest BCUT2D eigenvalue weighted by Gasteiger charge is -2.30. The van der Waals surface area contributed by atoms with Gasteiger partial charge in [0.2, 0.25) is 5.95 Å². The summed E-state index contributed by atoms with van der Waals surface area (Å²) < 4.78 is 5.47. The predicted molar refractivity (Wildman–Crippen MR) is 112 cm³/mol. The normalized spacial score (nSPS) is 14.0. The largest absolute Gasteiger partial charge is 0.378 e. The van der Waals surface area contributed by atoms with Gasteiger partial charge in [-0.05, 0) is 31.2 Å². The summed E-state index contributed by atoms with van der Waals surface area (Å²) in [5.41, 5.74) is 3.16. The summed E-state index contributed by atoms with van der Waals surface area (Å²) in [4.78, 5) is 9.12. The number of hydrogen-bond acceptors (Lipinski definition) is 7. The fourth-order valence-corrected chi connectivity index (χ4v) is 3.34. The van der Waals surface area contributed by atoms with Crippen molar-refractivity contribution in [3.63, 3.8) is 0 Å². The predicted octanol–water partition coefficient (Wildman–Crippen LogP) is 3.61. The average molecular weight is 376 g/mol. The Labute approximate surface area is 165 Å². The highest BCUT2D eigenvalue weighted by atomic mass is 16.5. The van der Waals surface area contributed by atoms with E-state index >= 15 is 0 Å². The van der Waals surface area contributed by atoms with E-state index in [2.05, 4.69) is 50.4 Å². The van der Waals surface area contributed by atoms with Gasteiger partial charge < -0.3 is 19.9 Å². The summed E-state index contributed by atoms with van der Waals surface area (Å²) in [7, 11) is 0. The van der Waals surface area contributed by atoms with Gasteiger partial charge in [-0.3, -0.25) is 0 Å². The SMILES string of the molecule is CCN(c1ccccc1)c1cnnc(Nc2ccccc2N2CCOCC2)n1. The molecule has 4 rings (SSSR count). The molecule has 7 heteroatoms. The van der Waals surface area contributed by atoms with Crippen LogP contribution in [0, 0.1) is 0 Å². The first-order chi connectivity index (χ1) is 13.8. The molecule has 28 heavy (non-hydrogen) atoms. The van der Waals surface area contributed by atoms with Crippen molar-refractivity contribution in [3.05, 3.63) is 60.8 Å². The highest BCUT2D eigenvalue weighted by Gasteiger charge is 2.16. The number of morpholine rings is 1. The molecular formula is C21H24N6O. The van der Waals surface area contributed by atoms with E-state index in [1.807, 2.05) is 36.4 Å². The van der Waals surface area contributed by atoms with Gasteiger partial charge in [-0.25, -0.2) is 0 Å². The highest BCUT2D eigenvalue weighted by molar-refractivity contribution is 5.74. The van der Waals surface area contributed by atoms with Crippen molar-refractivity contribution < 1.29 is 4.74 Å². The minimum atomic E-state index is 0.479. The molecule has 0 unspecified atom stereocenters. The van der Waals surface area contributed by atoms with Crippen molar-refractivity contribution in [2.24, 2.45) is 0 Å². The maximum absolute atomic E-state index is 5.47. The first-order valence-corrected chi connectivity index (χ1v) is 9.56. The molecule has 1 saturated heterocycles. The average Bonchev–Trinajstić information content (AvgIpc) is 2.76. The van der Waals surface area contributed by atoms with Crippen molar-refractivity contribution in [1.82, 2.24) is 15.2 Å². The topological polar surface area (TPSA) is 66.4 Å². The lowest BCUT2D eigenvalue weighted by atomic mass is 10.2. The molecule has 0 radical (unpaired) electrons. The number of para-hydroxylation sites is 3. The van der Waals surface area contributed by atoms with Crippen LogP contribution in [-0.4, -0.2) is 48.0 Å². The fourth-order valence-electron chi connectivity index (χ4n) is 3.34. The van der Waals surface area contributed by atoms with Crippen LogP contribution in [0.15, 0.2) is 60.8 Å². The third-order valence-corrected chi connectivity index (χ3v) is 4.71. The van der Waals surface area contributed by atoms with Crippen LogP contribution in [0.1, 0.15) is 6.92 Å². The van der Waals surface area contributed by atoms with Gasteiger partial charge in [0.1, 0.15) is 0 Å². The first-order valence-electron chi connectivity index (χ1n) is 9.56. The van der Waals surface area contributed by atoms with Crippen molar-refractivity contribution in [2.45, 2.75) is 6.92 Å². The molecule has 0 atom stereocenters.